The predicted octanol–water partition coefficient (Wildman–Crippen LogP) is 4.38. The van der Waals surface area contributed by atoms with Crippen LogP contribution in [-0.2, 0) is 0 Å². The number of amides is 1. The molecule has 1 aromatic heterocycles. The van der Waals surface area contributed by atoms with Crippen molar-refractivity contribution in [2.24, 2.45) is 0 Å². The van der Waals surface area contributed by atoms with Crippen LogP contribution in [0.3, 0.4) is 0 Å². The van der Waals surface area contributed by atoms with Crippen LogP contribution in [0.5, 0.6) is 0 Å². The zero-order chi connectivity index (χ0) is 14.8. The van der Waals surface area contributed by atoms with Crippen LogP contribution >= 0.6 is 0 Å². The second-order valence-corrected chi connectivity index (χ2v) is 3.73. The van der Waals surface area contributed by atoms with Gasteiger partial charge in [0.2, 0.25) is 0 Å². The highest BCUT2D eigenvalue weighted by Crippen LogP contribution is 2.07. The highest BCUT2D eigenvalue weighted by molar-refractivity contribution is 5.92. The molecule has 1 N–H and O–H groups in total. The van der Waals surface area contributed by atoms with Crippen molar-refractivity contribution in [1.82, 2.24) is 5.32 Å². The molecule has 19 heavy (non-hydrogen) atoms. The van der Waals surface area contributed by atoms with Gasteiger partial charge in [0, 0.05) is 5.70 Å². The van der Waals surface area contributed by atoms with Gasteiger partial charge in [0.1, 0.15) is 5.76 Å². The van der Waals surface area contributed by atoms with Crippen LogP contribution in [0.2, 0.25) is 0 Å². The Balaban J connectivity index is 0.00000154. The Hall–Kier alpha value is -2.03. The standard InChI is InChI=1S/C14H17NO2.C2H6/c1-5-10(2)6-7-11(3)15-14(16)13-9-8-12(4)17-13;1-2/h6-9H,2-3,5H2,1,4H3,(H,15,16);1-2H3/b7-6-;. The molecule has 1 heterocycles. The number of hydrogen-bond donors (Lipinski definition) is 1. The lowest BCUT2D eigenvalue weighted by Gasteiger charge is -2.02. The van der Waals surface area contributed by atoms with E-state index in [2.05, 4.69) is 18.5 Å². The first-order chi connectivity index (χ1) is 9.02. The molecule has 104 valence electrons. The van der Waals surface area contributed by atoms with E-state index >= 15 is 0 Å². The van der Waals surface area contributed by atoms with Gasteiger partial charge in [0.15, 0.2) is 5.76 Å². The van der Waals surface area contributed by atoms with E-state index in [-0.39, 0.29) is 11.7 Å². The van der Waals surface area contributed by atoms with Crippen LogP contribution in [0.1, 0.15) is 43.5 Å². The van der Waals surface area contributed by atoms with Gasteiger partial charge in [-0.2, -0.15) is 0 Å². The summed E-state index contributed by atoms with van der Waals surface area (Å²) in [7, 11) is 0. The summed E-state index contributed by atoms with van der Waals surface area (Å²) in [6, 6.07) is 3.37. The van der Waals surface area contributed by atoms with Gasteiger partial charge in [-0.3, -0.25) is 4.79 Å². The molecule has 0 radical (unpaired) electrons. The van der Waals surface area contributed by atoms with E-state index in [1.165, 1.54) is 0 Å². The summed E-state index contributed by atoms with van der Waals surface area (Å²) in [5.74, 6) is 0.692. The van der Waals surface area contributed by atoms with Gasteiger partial charge in [0.05, 0.1) is 0 Å². The summed E-state index contributed by atoms with van der Waals surface area (Å²) in [4.78, 5) is 11.7. The van der Waals surface area contributed by atoms with Crippen molar-refractivity contribution in [3.63, 3.8) is 0 Å². The second kappa shape index (κ2) is 8.97. The van der Waals surface area contributed by atoms with E-state index in [9.17, 15) is 4.79 Å². The van der Waals surface area contributed by atoms with Crippen molar-refractivity contribution in [2.75, 3.05) is 0 Å². The lowest BCUT2D eigenvalue weighted by atomic mass is 10.2. The molecule has 0 atom stereocenters. The summed E-state index contributed by atoms with van der Waals surface area (Å²) < 4.78 is 5.20. The molecular weight excluding hydrogens is 238 g/mol. The third-order valence-electron chi connectivity index (χ3n) is 2.21. The predicted molar refractivity (Wildman–Crippen MR) is 80.0 cm³/mol. The highest BCUT2D eigenvalue weighted by Gasteiger charge is 2.09. The minimum Gasteiger partial charge on any atom is -0.456 e. The van der Waals surface area contributed by atoms with Crippen LogP contribution < -0.4 is 5.32 Å². The summed E-state index contributed by atoms with van der Waals surface area (Å²) in [5, 5.41) is 2.63. The maximum absolute atomic E-state index is 11.7. The van der Waals surface area contributed by atoms with Crippen molar-refractivity contribution < 1.29 is 9.21 Å². The van der Waals surface area contributed by atoms with Gasteiger partial charge in [-0.15, -0.1) is 0 Å². The molecule has 0 aromatic carbocycles. The van der Waals surface area contributed by atoms with Crippen LogP contribution in [0, 0.1) is 6.92 Å². The van der Waals surface area contributed by atoms with E-state index in [0.717, 1.165) is 12.0 Å². The molecule has 0 saturated carbocycles. The van der Waals surface area contributed by atoms with E-state index in [0.29, 0.717) is 11.5 Å². The van der Waals surface area contributed by atoms with Gasteiger partial charge in [0.25, 0.3) is 5.91 Å². The molecule has 0 aliphatic heterocycles. The molecule has 1 rings (SSSR count). The highest BCUT2D eigenvalue weighted by atomic mass is 16.3. The minimum absolute atomic E-state index is 0.284. The molecule has 3 heteroatoms. The summed E-state index contributed by atoms with van der Waals surface area (Å²) in [5.41, 5.74) is 1.49. The number of furan rings is 1. The Morgan fingerprint density at radius 2 is 1.95 bits per heavy atom. The topological polar surface area (TPSA) is 42.2 Å². The van der Waals surface area contributed by atoms with Gasteiger partial charge in [-0.25, -0.2) is 0 Å². The Kier molecular flexibility index (Phi) is 8.02. The average molecular weight is 261 g/mol. The quantitative estimate of drug-likeness (QED) is 0.799. The Morgan fingerprint density at radius 3 is 2.42 bits per heavy atom. The molecule has 3 nitrogen and oxygen atoms in total. The van der Waals surface area contributed by atoms with E-state index in [1.807, 2.05) is 26.8 Å². The number of rotatable bonds is 5. The SMILES string of the molecule is C=C(/C=C\C(=C)NC(=O)c1ccc(C)o1)CC.CC. The zero-order valence-electron chi connectivity index (χ0n) is 12.2. The Morgan fingerprint density at radius 1 is 1.32 bits per heavy atom. The molecule has 0 fully saturated rings. The second-order valence-electron chi connectivity index (χ2n) is 3.73. The fourth-order valence-electron chi connectivity index (χ4n) is 1.14. The van der Waals surface area contributed by atoms with Gasteiger partial charge >= 0.3 is 0 Å². The molecule has 0 unspecified atom stereocenters. The van der Waals surface area contributed by atoms with Crippen molar-refractivity contribution in [3.05, 3.63) is 60.2 Å². The largest absolute Gasteiger partial charge is 0.456 e. The summed E-state index contributed by atoms with van der Waals surface area (Å²) in [6.07, 6.45) is 4.42. The molecule has 0 saturated heterocycles. The molecule has 0 aliphatic rings. The molecule has 0 spiro atoms. The monoisotopic (exact) mass is 261 g/mol. The Bertz CT molecular complexity index is 467. The number of carbonyl (C=O) groups excluding carboxylic acids is 1. The first kappa shape index (κ1) is 17.0. The maximum atomic E-state index is 11.7. The van der Waals surface area contributed by atoms with Crippen LogP contribution in [0.25, 0.3) is 0 Å². The average Bonchev–Trinajstić information content (AvgIpc) is 2.85. The van der Waals surface area contributed by atoms with Crippen LogP contribution in [0.4, 0.5) is 0 Å². The first-order valence-corrected chi connectivity index (χ1v) is 6.45. The fraction of sp³-hybridized carbons (Fsp3) is 0.312. The van der Waals surface area contributed by atoms with Crippen LogP contribution in [0.15, 0.2) is 53.1 Å². The third-order valence-corrected chi connectivity index (χ3v) is 2.21. The van der Waals surface area contributed by atoms with Gasteiger partial charge < -0.3 is 9.73 Å². The normalized spacial score (nSPS) is 9.68. The van der Waals surface area contributed by atoms with Crippen molar-refractivity contribution in [1.29, 1.82) is 0 Å². The van der Waals surface area contributed by atoms with Crippen molar-refractivity contribution in [3.8, 4) is 0 Å². The minimum atomic E-state index is -0.296. The van der Waals surface area contributed by atoms with E-state index in [1.54, 1.807) is 25.1 Å². The molecule has 1 aromatic rings. The van der Waals surface area contributed by atoms with Gasteiger partial charge in [-0.1, -0.05) is 45.6 Å². The fourth-order valence-corrected chi connectivity index (χ4v) is 1.14. The number of nitrogens with one attached hydrogen (secondary N) is 1. The number of carbonyl (C=O) groups is 1. The molecular formula is C16H23NO2. The maximum Gasteiger partial charge on any atom is 0.291 e. The lowest BCUT2D eigenvalue weighted by molar-refractivity contribution is 0.0938. The smallest absolute Gasteiger partial charge is 0.291 e. The Labute approximate surface area is 115 Å². The first-order valence-electron chi connectivity index (χ1n) is 6.45. The molecule has 1 amide bonds. The molecule has 0 aliphatic carbocycles. The third kappa shape index (κ3) is 6.46. The number of hydrogen-bond acceptors (Lipinski definition) is 2. The molecule has 0 bridgehead atoms. The van der Waals surface area contributed by atoms with Gasteiger partial charge in [-0.05, 0) is 31.6 Å². The number of aryl methyl sites for hydroxylation is 1. The van der Waals surface area contributed by atoms with Crippen molar-refractivity contribution >= 4 is 5.91 Å². The summed E-state index contributed by atoms with van der Waals surface area (Å²) >= 11 is 0. The number of allylic oxidation sites excluding steroid dienone is 3. The summed E-state index contributed by atoms with van der Waals surface area (Å²) in [6.45, 7) is 15.4. The van der Waals surface area contributed by atoms with E-state index in [4.69, 9.17) is 4.42 Å². The lowest BCUT2D eigenvalue weighted by Crippen LogP contribution is -2.20. The van der Waals surface area contributed by atoms with Crippen molar-refractivity contribution in [2.45, 2.75) is 34.1 Å². The van der Waals surface area contributed by atoms with Crippen LogP contribution in [-0.4, -0.2) is 5.91 Å². The zero-order valence-corrected chi connectivity index (χ0v) is 12.2. The van der Waals surface area contributed by atoms with E-state index < -0.39 is 0 Å².